The first-order chi connectivity index (χ1) is 10.0. The third kappa shape index (κ3) is 4.43. The van der Waals surface area contributed by atoms with Crippen LogP contribution in [0.15, 0.2) is 0 Å². The van der Waals surface area contributed by atoms with Gasteiger partial charge in [-0.05, 0) is 52.5 Å². The van der Waals surface area contributed by atoms with Gasteiger partial charge in [-0.2, -0.15) is 0 Å². The number of nitrogens with zero attached hydrogens (tertiary/aromatic N) is 2. The Morgan fingerprint density at radius 3 is 2.33 bits per heavy atom. The molecule has 2 unspecified atom stereocenters. The minimum absolute atomic E-state index is 0.139. The van der Waals surface area contributed by atoms with E-state index in [-0.39, 0.29) is 18.1 Å². The van der Waals surface area contributed by atoms with E-state index >= 15 is 0 Å². The number of aliphatic hydroxyl groups excluding tert-OH is 1. The molecule has 1 N–H and O–H groups in total. The monoisotopic (exact) mass is 296 g/mol. The molecule has 2 fully saturated rings. The standard InChI is InChI=1S/C17H32N2O2/c1-4-19(15-8-6-5-7-9-15)17(21)13(2)18(3)12-16(20)14-10-11-14/h13-16,20H,4-12H2,1-3H3. The molecule has 0 aliphatic heterocycles. The van der Waals surface area contributed by atoms with E-state index in [4.69, 9.17) is 0 Å². The fraction of sp³-hybridized carbons (Fsp3) is 0.941. The number of carbonyl (C=O) groups is 1. The molecule has 0 heterocycles. The smallest absolute Gasteiger partial charge is 0.239 e. The molecule has 0 spiro atoms. The number of rotatable bonds is 7. The number of hydrogen-bond acceptors (Lipinski definition) is 3. The number of likely N-dealkylation sites (N-methyl/N-ethyl adjacent to an activating group) is 2. The van der Waals surface area contributed by atoms with Gasteiger partial charge in [-0.15, -0.1) is 0 Å². The molecule has 0 saturated heterocycles. The number of aliphatic hydroxyl groups is 1. The van der Waals surface area contributed by atoms with Crippen molar-refractivity contribution in [1.29, 1.82) is 0 Å². The third-order valence-electron chi connectivity index (χ3n) is 5.30. The Kier molecular flexibility index (Phi) is 6.06. The highest BCUT2D eigenvalue weighted by atomic mass is 16.3. The Labute approximate surface area is 129 Å². The van der Waals surface area contributed by atoms with Crippen molar-refractivity contribution >= 4 is 5.91 Å². The Morgan fingerprint density at radius 1 is 1.19 bits per heavy atom. The second kappa shape index (κ2) is 7.59. The SMILES string of the molecule is CCN(C(=O)C(C)N(C)CC(O)C1CC1)C1CCCCC1. The lowest BCUT2D eigenvalue weighted by Gasteiger charge is -2.37. The second-order valence-corrected chi connectivity index (χ2v) is 6.94. The van der Waals surface area contributed by atoms with Crippen LogP contribution >= 0.6 is 0 Å². The summed E-state index contributed by atoms with van der Waals surface area (Å²) in [5, 5.41) is 10.1. The molecule has 0 aromatic rings. The summed E-state index contributed by atoms with van der Waals surface area (Å²) in [5.74, 6) is 0.699. The van der Waals surface area contributed by atoms with Crippen LogP contribution in [-0.2, 0) is 4.79 Å². The molecular formula is C17H32N2O2. The molecule has 2 atom stereocenters. The van der Waals surface area contributed by atoms with Crippen molar-refractivity contribution in [2.45, 2.75) is 77.0 Å². The average molecular weight is 296 g/mol. The van der Waals surface area contributed by atoms with Gasteiger partial charge in [-0.25, -0.2) is 0 Å². The summed E-state index contributed by atoms with van der Waals surface area (Å²) in [6.07, 6.45) is 8.13. The Hall–Kier alpha value is -0.610. The van der Waals surface area contributed by atoms with Crippen molar-refractivity contribution in [2.75, 3.05) is 20.1 Å². The highest BCUT2D eigenvalue weighted by Gasteiger charge is 2.33. The summed E-state index contributed by atoms with van der Waals surface area (Å²) >= 11 is 0. The lowest BCUT2D eigenvalue weighted by Crippen LogP contribution is -2.51. The molecule has 21 heavy (non-hydrogen) atoms. The molecule has 4 heteroatoms. The maximum Gasteiger partial charge on any atom is 0.239 e. The first-order valence-corrected chi connectivity index (χ1v) is 8.73. The molecule has 0 aromatic carbocycles. The molecule has 2 saturated carbocycles. The van der Waals surface area contributed by atoms with Crippen LogP contribution in [0.5, 0.6) is 0 Å². The summed E-state index contributed by atoms with van der Waals surface area (Å²) in [6, 6.07) is 0.292. The fourth-order valence-corrected chi connectivity index (χ4v) is 3.50. The topological polar surface area (TPSA) is 43.8 Å². The molecule has 1 amide bonds. The zero-order valence-corrected chi connectivity index (χ0v) is 13.9. The normalized spacial score (nSPS) is 23.1. The van der Waals surface area contributed by atoms with Gasteiger partial charge in [0.2, 0.25) is 5.91 Å². The van der Waals surface area contributed by atoms with Gasteiger partial charge in [0.15, 0.2) is 0 Å². The van der Waals surface area contributed by atoms with E-state index in [0.717, 1.165) is 32.2 Å². The van der Waals surface area contributed by atoms with E-state index < -0.39 is 0 Å². The molecular weight excluding hydrogens is 264 g/mol. The van der Waals surface area contributed by atoms with Gasteiger partial charge >= 0.3 is 0 Å². The van der Waals surface area contributed by atoms with Crippen LogP contribution in [0.2, 0.25) is 0 Å². The molecule has 0 bridgehead atoms. The first kappa shape index (κ1) is 16.8. The summed E-state index contributed by atoms with van der Waals surface area (Å²) in [4.78, 5) is 16.9. The lowest BCUT2D eigenvalue weighted by molar-refractivity contribution is -0.139. The van der Waals surface area contributed by atoms with Crippen LogP contribution in [0.3, 0.4) is 0 Å². The predicted molar refractivity (Wildman–Crippen MR) is 85.1 cm³/mol. The third-order valence-corrected chi connectivity index (χ3v) is 5.30. The zero-order valence-electron chi connectivity index (χ0n) is 13.9. The van der Waals surface area contributed by atoms with E-state index in [1.807, 2.05) is 18.9 Å². The van der Waals surface area contributed by atoms with E-state index in [2.05, 4.69) is 11.8 Å². The highest BCUT2D eigenvalue weighted by Crippen LogP contribution is 2.33. The number of amides is 1. The van der Waals surface area contributed by atoms with Gasteiger partial charge < -0.3 is 10.0 Å². The van der Waals surface area contributed by atoms with Gasteiger partial charge in [0.05, 0.1) is 12.1 Å². The predicted octanol–water partition coefficient (Wildman–Crippen LogP) is 2.26. The van der Waals surface area contributed by atoms with Crippen molar-refractivity contribution in [3.8, 4) is 0 Å². The van der Waals surface area contributed by atoms with Crippen molar-refractivity contribution in [1.82, 2.24) is 9.80 Å². The quantitative estimate of drug-likeness (QED) is 0.784. The fourth-order valence-electron chi connectivity index (χ4n) is 3.50. The largest absolute Gasteiger partial charge is 0.392 e. The van der Waals surface area contributed by atoms with Gasteiger partial charge in [0.25, 0.3) is 0 Å². The van der Waals surface area contributed by atoms with Crippen LogP contribution in [0.25, 0.3) is 0 Å². The van der Waals surface area contributed by atoms with Crippen LogP contribution < -0.4 is 0 Å². The molecule has 4 nitrogen and oxygen atoms in total. The summed E-state index contributed by atoms with van der Waals surface area (Å²) in [7, 11) is 1.96. The molecule has 2 rings (SSSR count). The van der Waals surface area contributed by atoms with Gasteiger partial charge in [-0.1, -0.05) is 19.3 Å². The van der Waals surface area contributed by atoms with Crippen LogP contribution in [0, 0.1) is 5.92 Å². The molecule has 2 aliphatic rings. The van der Waals surface area contributed by atoms with Crippen LogP contribution in [0.1, 0.15) is 58.8 Å². The Balaban J connectivity index is 1.88. The summed E-state index contributed by atoms with van der Waals surface area (Å²) in [5.41, 5.74) is 0. The average Bonchev–Trinajstić information content (AvgIpc) is 3.32. The maximum absolute atomic E-state index is 12.8. The van der Waals surface area contributed by atoms with Crippen molar-refractivity contribution in [3.05, 3.63) is 0 Å². The molecule has 0 aromatic heterocycles. The number of carbonyl (C=O) groups excluding carboxylic acids is 1. The van der Waals surface area contributed by atoms with E-state index in [9.17, 15) is 9.90 Å². The van der Waals surface area contributed by atoms with E-state index in [1.54, 1.807) is 0 Å². The molecule has 2 aliphatic carbocycles. The first-order valence-electron chi connectivity index (χ1n) is 8.73. The van der Waals surface area contributed by atoms with Gasteiger partial charge in [-0.3, -0.25) is 9.69 Å². The molecule has 122 valence electrons. The second-order valence-electron chi connectivity index (χ2n) is 6.94. The maximum atomic E-state index is 12.8. The minimum Gasteiger partial charge on any atom is -0.392 e. The Morgan fingerprint density at radius 2 is 1.81 bits per heavy atom. The lowest BCUT2D eigenvalue weighted by atomic mass is 9.93. The Bertz CT molecular complexity index is 338. The van der Waals surface area contributed by atoms with Crippen molar-refractivity contribution in [2.24, 2.45) is 5.92 Å². The van der Waals surface area contributed by atoms with Crippen LogP contribution in [-0.4, -0.2) is 59.1 Å². The minimum atomic E-state index is -0.269. The van der Waals surface area contributed by atoms with Gasteiger partial charge in [0.1, 0.15) is 0 Å². The van der Waals surface area contributed by atoms with Crippen molar-refractivity contribution in [3.63, 3.8) is 0 Å². The molecule has 0 radical (unpaired) electrons. The van der Waals surface area contributed by atoms with E-state index in [0.29, 0.717) is 18.5 Å². The number of hydrogen-bond donors (Lipinski definition) is 1. The summed E-state index contributed by atoms with van der Waals surface area (Å²) in [6.45, 7) is 5.47. The van der Waals surface area contributed by atoms with Crippen molar-refractivity contribution < 1.29 is 9.90 Å². The highest BCUT2D eigenvalue weighted by molar-refractivity contribution is 5.81. The van der Waals surface area contributed by atoms with E-state index in [1.165, 1.54) is 19.3 Å². The van der Waals surface area contributed by atoms with Crippen LogP contribution in [0.4, 0.5) is 0 Å². The van der Waals surface area contributed by atoms with Gasteiger partial charge in [0, 0.05) is 19.1 Å². The summed E-state index contributed by atoms with van der Waals surface area (Å²) < 4.78 is 0. The zero-order chi connectivity index (χ0) is 15.4.